The molecule has 0 aliphatic carbocycles. The topological polar surface area (TPSA) is 72.8 Å². The van der Waals surface area contributed by atoms with Gasteiger partial charge in [0, 0.05) is 17.2 Å². The summed E-state index contributed by atoms with van der Waals surface area (Å²) in [6.45, 7) is 0. The van der Waals surface area contributed by atoms with Crippen LogP contribution in [0.2, 0.25) is 5.02 Å². The number of carbonyl (C=O) groups is 2. The lowest BCUT2D eigenvalue weighted by atomic mass is 10.3. The number of phenolic OH excluding ortho intramolecular Hbond substituents is 1. The van der Waals surface area contributed by atoms with E-state index < -0.39 is 11.9 Å². The third-order valence-corrected chi connectivity index (χ3v) is 2.23. The lowest BCUT2D eigenvalue weighted by Gasteiger charge is -2.04. The number of phenols is 1. The zero-order chi connectivity index (χ0) is 13.1. The number of esters is 2. The average molecular weight is 267 g/mol. The first-order valence-corrected chi connectivity index (χ1v) is 5.24. The number of carbonyl (C=O) groups excluding carboxylic acids is 2. The van der Waals surface area contributed by atoms with Gasteiger partial charge in [-0.05, 0) is 18.2 Å². The monoisotopic (exact) mass is 266 g/mol. The van der Waals surface area contributed by atoms with E-state index in [1.807, 2.05) is 0 Å². The Morgan fingerprint density at radius 1 is 1.39 bits per heavy atom. The standard InChI is InChI=1S/C12H7ClO5/c13-7-1-3-9(14)10(5-7)18-12(16)6-8-2-4-11(15)17-8/h1-6,14H/b8-6+. The number of cyclic esters (lactones) is 1. The van der Waals surface area contributed by atoms with Crippen LogP contribution in [0.25, 0.3) is 0 Å². The summed E-state index contributed by atoms with van der Waals surface area (Å²) in [4.78, 5) is 22.2. The van der Waals surface area contributed by atoms with Crippen LogP contribution in [0.1, 0.15) is 0 Å². The van der Waals surface area contributed by atoms with Crippen LogP contribution in [0, 0.1) is 0 Å². The molecule has 0 unspecified atom stereocenters. The molecule has 1 heterocycles. The van der Waals surface area contributed by atoms with E-state index in [9.17, 15) is 14.7 Å². The maximum atomic E-state index is 11.5. The summed E-state index contributed by atoms with van der Waals surface area (Å²) in [7, 11) is 0. The highest BCUT2D eigenvalue weighted by atomic mass is 35.5. The number of hydrogen-bond donors (Lipinski definition) is 1. The number of allylic oxidation sites excluding steroid dienone is 1. The first-order chi connectivity index (χ1) is 8.54. The van der Waals surface area contributed by atoms with Crippen LogP contribution in [0.3, 0.4) is 0 Å². The minimum atomic E-state index is -0.790. The Kier molecular flexibility index (Phi) is 3.34. The molecule has 18 heavy (non-hydrogen) atoms. The SMILES string of the molecule is O=C1C=C/C(=C\C(=O)Oc2cc(Cl)ccc2O)O1. The third kappa shape index (κ3) is 2.89. The first-order valence-electron chi connectivity index (χ1n) is 4.86. The molecule has 2 rings (SSSR count). The van der Waals surface area contributed by atoms with Gasteiger partial charge in [0.2, 0.25) is 0 Å². The van der Waals surface area contributed by atoms with E-state index in [0.717, 1.165) is 6.08 Å². The summed E-state index contributed by atoms with van der Waals surface area (Å²) in [5.41, 5.74) is 0. The predicted molar refractivity (Wildman–Crippen MR) is 62.1 cm³/mol. The third-order valence-electron chi connectivity index (χ3n) is 1.99. The fourth-order valence-corrected chi connectivity index (χ4v) is 1.40. The van der Waals surface area contributed by atoms with Gasteiger partial charge >= 0.3 is 11.9 Å². The highest BCUT2D eigenvalue weighted by molar-refractivity contribution is 6.30. The number of aromatic hydroxyl groups is 1. The molecular formula is C12H7ClO5. The molecule has 1 aromatic carbocycles. The molecule has 92 valence electrons. The van der Waals surface area contributed by atoms with E-state index in [0.29, 0.717) is 5.02 Å². The molecule has 1 aliphatic heterocycles. The fourth-order valence-electron chi connectivity index (χ4n) is 1.24. The van der Waals surface area contributed by atoms with Crippen LogP contribution in [0.4, 0.5) is 0 Å². The molecule has 1 aliphatic rings. The number of halogens is 1. The maximum Gasteiger partial charge on any atom is 0.340 e. The Bertz CT molecular complexity index is 574. The zero-order valence-corrected chi connectivity index (χ0v) is 9.68. The predicted octanol–water partition coefficient (Wildman–Crippen LogP) is 1.95. The van der Waals surface area contributed by atoms with E-state index in [1.54, 1.807) is 0 Å². The molecular weight excluding hydrogens is 260 g/mol. The van der Waals surface area contributed by atoms with Gasteiger partial charge in [0.15, 0.2) is 11.5 Å². The van der Waals surface area contributed by atoms with Gasteiger partial charge in [-0.1, -0.05) is 11.6 Å². The average Bonchev–Trinajstić information content (AvgIpc) is 2.69. The summed E-state index contributed by atoms with van der Waals surface area (Å²) in [6.07, 6.45) is 3.50. The van der Waals surface area contributed by atoms with Gasteiger partial charge in [-0.15, -0.1) is 0 Å². The van der Waals surface area contributed by atoms with Crippen molar-refractivity contribution in [3.63, 3.8) is 0 Å². The lowest BCUT2D eigenvalue weighted by molar-refractivity contribution is -0.132. The largest absolute Gasteiger partial charge is 0.504 e. The van der Waals surface area contributed by atoms with E-state index in [1.165, 1.54) is 30.4 Å². The van der Waals surface area contributed by atoms with E-state index in [4.69, 9.17) is 16.3 Å². The highest BCUT2D eigenvalue weighted by Gasteiger charge is 2.13. The molecule has 1 aromatic rings. The van der Waals surface area contributed by atoms with Crippen molar-refractivity contribution >= 4 is 23.5 Å². The Labute approximate surface area is 107 Å². The molecule has 0 saturated heterocycles. The van der Waals surface area contributed by atoms with Gasteiger partial charge in [-0.2, -0.15) is 0 Å². The van der Waals surface area contributed by atoms with Crippen molar-refractivity contribution in [3.05, 3.63) is 47.2 Å². The summed E-state index contributed by atoms with van der Waals surface area (Å²) in [5, 5.41) is 9.75. The Morgan fingerprint density at radius 3 is 2.83 bits per heavy atom. The second-order valence-electron chi connectivity index (χ2n) is 3.33. The van der Waals surface area contributed by atoms with Crippen molar-refractivity contribution in [2.45, 2.75) is 0 Å². The normalized spacial score (nSPS) is 15.8. The smallest absolute Gasteiger partial charge is 0.340 e. The quantitative estimate of drug-likeness (QED) is 0.503. The van der Waals surface area contributed by atoms with Gasteiger partial charge < -0.3 is 14.6 Å². The van der Waals surface area contributed by atoms with Crippen LogP contribution in [-0.4, -0.2) is 17.0 Å². The lowest BCUT2D eigenvalue weighted by Crippen LogP contribution is -2.05. The van der Waals surface area contributed by atoms with Gasteiger partial charge in [-0.25, -0.2) is 9.59 Å². The van der Waals surface area contributed by atoms with E-state index >= 15 is 0 Å². The Hall–Kier alpha value is -2.27. The van der Waals surface area contributed by atoms with Crippen LogP contribution >= 0.6 is 11.6 Å². The summed E-state index contributed by atoms with van der Waals surface area (Å²) < 4.78 is 9.49. The number of ether oxygens (including phenoxy) is 2. The second-order valence-corrected chi connectivity index (χ2v) is 3.77. The molecule has 1 N–H and O–H groups in total. The summed E-state index contributed by atoms with van der Waals surface area (Å²) >= 11 is 5.69. The zero-order valence-electron chi connectivity index (χ0n) is 8.92. The van der Waals surface area contributed by atoms with Crippen LogP contribution in [0.5, 0.6) is 11.5 Å². The van der Waals surface area contributed by atoms with Crippen molar-refractivity contribution < 1.29 is 24.2 Å². The molecule has 0 spiro atoms. The summed E-state index contributed by atoms with van der Waals surface area (Å²) in [6, 6.07) is 4.05. The molecule has 0 bridgehead atoms. The molecule has 5 nitrogen and oxygen atoms in total. The van der Waals surface area contributed by atoms with Gasteiger partial charge in [-0.3, -0.25) is 0 Å². The van der Waals surface area contributed by atoms with E-state index in [-0.39, 0.29) is 17.3 Å². The Morgan fingerprint density at radius 2 is 2.17 bits per heavy atom. The van der Waals surface area contributed by atoms with Crippen LogP contribution in [0.15, 0.2) is 42.2 Å². The van der Waals surface area contributed by atoms with Crippen molar-refractivity contribution in [3.8, 4) is 11.5 Å². The van der Waals surface area contributed by atoms with E-state index in [2.05, 4.69) is 4.74 Å². The van der Waals surface area contributed by atoms with Gasteiger partial charge in [0.05, 0.1) is 6.08 Å². The molecule has 6 heteroatoms. The fraction of sp³-hybridized carbons (Fsp3) is 0. The van der Waals surface area contributed by atoms with Crippen molar-refractivity contribution in [2.75, 3.05) is 0 Å². The minimum absolute atomic E-state index is 0.0716. The molecule has 0 saturated carbocycles. The molecule has 0 fully saturated rings. The minimum Gasteiger partial charge on any atom is -0.504 e. The highest BCUT2D eigenvalue weighted by Crippen LogP contribution is 2.29. The molecule has 0 amide bonds. The number of hydrogen-bond acceptors (Lipinski definition) is 5. The number of rotatable bonds is 2. The van der Waals surface area contributed by atoms with Crippen molar-refractivity contribution in [2.24, 2.45) is 0 Å². The first kappa shape index (κ1) is 12.2. The second kappa shape index (κ2) is 4.93. The molecule has 0 radical (unpaired) electrons. The van der Waals surface area contributed by atoms with Crippen molar-refractivity contribution in [1.29, 1.82) is 0 Å². The maximum absolute atomic E-state index is 11.5. The molecule has 0 atom stereocenters. The Balaban J connectivity index is 2.10. The van der Waals surface area contributed by atoms with Gasteiger partial charge in [0.25, 0.3) is 0 Å². The molecule has 0 aromatic heterocycles. The van der Waals surface area contributed by atoms with Crippen molar-refractivity contribution in [1.82, 2.24) is 0 Å². The number of benzene rings is 1. The summed E-state index contributed by atoms with van der Waals surface area (Å²) in [5.74, 6) is -1.56. The van der Waals surface area contributed by atoms with Gasteiger partial charge in [0.1, 0.15) is 5.76 Å². The van der Waals surface area contributed by atoms with Crippen LogP contribution < -0.4 is 4.74 Å². The van der Waals surface area contributed by atoms with Crippen LogP contribution in [-0.2, 0) is 14.3 Å².